The second kappa shape index (κ2) is 9.72. The zero-order chi connectivity index (χ0) is 19.1. The van der Waals surface area contributed by atoms with Crippen LogP contribution in [0.1, 0.15) is 28.9 Å². The van der Waals surface area contributed by atoms with Gasteiger partial charge in [0.25, 0.3) is 5.91 Å². The SMILES string of the molecule is COCCS(=O)Cc1cccc(NC(=O)c2cn(CC3CCCO3)nn2)c1. The maximum Gasteiger partial charge on any atom is 0.277 e. The quantitative estimate of drug-likeness (QED) is 0.697. The molecule has 2 heterocycles. The predicted octanol–water partition coefficient (Wildman–Crippen LogP) is 1.60. The molecule has 3 rings (SSSR count). The van der Waals surface area contributed by atoms with Crippen molar-refractivity contribution in [2.75, 3.05) is 31.4 Å². The third-order valence-corrected chi connectivity index (χ3v) is 5.49. The fourth-order valence-electron chi connectivity index (χ4n) is 2.86. The molecule has 0 aliphatic carbocycles. The summed E-state index contributed by atoms with van der Waals surface area (Å²) in [4.78, 5) is 12.4. The van der Waals surface area contributed by atoms with Crippen molar-refractivity contribution in [3.8, 4) is 0 Å². The lowest BCUT2D eigenvalue weighted by Gasteiger charge is -2.08. The van der Waals surface area contributed by atoms with Gasteiger partial charge in [-0.2, -0.15) is 0 Å². The van der Waals surface area contributed by atoms with E-state index in [1.165, 1.54) is 0 Å². The van der Waals surface area contributed by atoms with Crippen LogP contribution < -0.4 is 5.32 Å². The van der Waals surface area contributed by atoms with E-state index in [4.69, 9.17) is 9.47 Å². The molecule has 1 amide bonds. The number of carbonyl (C=O) groups is 1. The zero-order valence-electron chi connectivity index (χ0n) is 15.3. The minimum absolute atomic E-state index is 0.137. The van der Waals surface area contributed by atoms with Gasteiger partial charge in [-0.05, 0) is 30.5 Å². The van der Waals surface area contributed by atoms with Gasteiger partial charge >= 0.3 is 0 Å². The van der Waals surface area contributed by atoms with Gasteiger partial charge in [0.15, 0.2) is 5.69 Å². The summed E-state index contributed by atoms with van der Waals surface area (Å²) in [6.45, 7) is 1.84. The minimum atomic E-state index is -1.00. The molecule has 2 aromatic rings. The molecule has 1 saturated heterocycles. The number of benzene rings is 1. The number of aromatic nitrogens is 3. The van der Waals surface area contributed by atoms with E-state index in [9.17, 15) is 9.00 Å². The lowest BCUT2D eigenvalue weighted by atomic mass is 10.2. The number of anilines is 1. The maximum atomic E-state index is 12.4. The first-order chi connectivity index (χ1) is 13.1. The van der Waals surface area contributed by atoms with Gasteiger partial charge in [0, 0.05) is 41.7 Å². The van der Waals surface area contributed by atoms with Crippen molar-refractivity contribution >= 4 is 22.4 Å². The average Bonchev–Trinajstić information content (AvgIpc) is 3.33. The van der Waals surface area contributed by atoms with Gasteiger partial charge in [0.2, 0.25) is 0 Å². The highest BCUT2D eigenvalue weighted by atomic mass is 32.2. The molecule has 1 N–H and O–H groups in total. The van der Waals surface area contributed by atoms with Crippen LogP contribution in [0.2, 0.25) is 0 Å². The molecule has 1 aliphatic rings. The maximum absolute atomic E-state index is 12.4. The molecule has 1 fully saturated rings. The molecule has 2 unspecified atom stereocenters. The number of hydrogen-bond donors (Lipinski definition) is 1. The summed E-state index contributed by atoms with van der Waals surface area (Å²) in [6.07, 6.45) is 3.82. The Balaban J connectivity index is 1.56. The molecule has 8 nitrogen and oxygen atoms in total. The van der Waals surface area contributed by atoms with Crippen molar-refractivity contribution in [3.63, 3.8) is 0 Å². The summed E-state index contributed by atoms with van der Waals surface area (Å²) >= 11 is 0. The molecule has 1 aliphatic heterocycles. The molecular weight excluding hydrogens is 368 g/mol. The summed E-state index contributed by atoms with van der Waals surface area (Å²) in [5.41, 5.74) is 1.78. The van der Waals surface area contributed by atoms with Crippen LogP contribution in [0.5, 0.6) is 0 Å². The van der Waals surface area contributed by atoms with E-state index in [0.29, 0.717) is 30.3 Å². The average molecular weight is 392 g/mol. The monoisotopic (exact) mass is 392 g/mol. The normalized spacial score (nSPS) is 17.7. The Labute approximate surface area is 160 Å². The Morgan fingerprint density at radius 3 is 3.15 bits per heavy atom. The number of amides is 1. The van der Waals surface area contributed by atoms with E-state index in [2.05, 4.69) is 15.6 Å². The van der Waals surface area contributed by atoms with Crippen LogP contribution in [0.15, 0.2) is 30.5 Å². The van der Waals surface area contributed by atoms with Crippen LogP contribution in [0, 0.1) is 0 Å². The van der Waals surface area contributed by atoms with Gasteiger partial charge in [0.1, 0.15) is 0 Å². The van der Waals surface area contributed by atoms with Crippen molar-refractivity contribution in [1.82, 2.24) is 15.0 Å². The lowest BCUT2D eigenvalue weighted by molar-refractivity contribution is 0.0934. The fraction of sp³-hybridized carbons (Fsp3) is 0.500. The zero-order valence-corrected chi connectivity index (χ0v) is 16.1. The molecule has 0 saturated carbocycles. The lowest BCUT2D eigenvalue weighted by Crippen LogP contribution is -2.15. The smallest absolute Gasteiger partial charge is 0.277 e. The number of carbonyl (C=O) groups excluding carboxylic acids is 1. The van der Waals surface area contributed by atoms with E-state index in [1.807, 2.05) is 18.2 Å². The molecule has 9 heteroatoms. The molecule has 27 heavy (non-hydrogen) atoms. The van der Waals surface area contributed by atoms with Crippen molar-refractivity contribution in [2.24, 2.45) is 0 Å². The van der Waals surface area contributed by atoms with Crippen LogP contribution in [0.25, 0.3) is 0 Å². The van der Waals surface area contributed by atoms with Crippen LogP contribution in [-0.4, -0.2) is 57.3 Å². The van der Waals surface area contributed by atoms with Crippen LogP contribution in [0.4, 0.5) is 5.69 Å². The Morgan fingerprint density at radius 2 is 2.37 bits per heavy atom. The van der Waals surface area contributed by atoms with Crippen molar-refractivity contribution in [1.29, 1.82) is 0 Å². The summed E-state index contributed by atoms with van der Waals surface area (Å²) in [6, 6.07) is 7.32. The Bertz CT molecular complexity index is 789. The number of nitrogens with one attached hydrogen (secondary N) is 1. The highest BCUT2D eigenvalue weighted by molar-refractivity contribution is 7.84. The van der Waals surface area contributed by atoms with Crippen molar-refractivity contribution < 1.29 is 18.5 Å². The molecule has 146 valence electrons. The molecule has 0 spiro atoms. The van der Waals surface area contributed by atoms with Gasteiger partial charge in [-0.15, -0.1) is 5.10 Å². The minimum Gasteiger partial charge on any atom is -0.384 e. The second-order valence-electron chi connectivity index (χ2n) is 6.40. The number of rotatable bonds is 9. The molecule has 1 aromatic carbocycles. The van der Waals surface area contributed by atoms with Gasteiger partial charge in [-0.25, -0.2) is 4.68 Å². The topological polar surface area (TPSA) is 95.3 Å². The largest absolute Gasteiger partial charge is 0.384 e. The number of hydrogen-bond acceptors (Lipinski definition) is 6. The van der Waals surface area contributed by atoms with Gasteiger partial charge in [0.05, 0.1) is 25.5 Å². The summed E-state index contributed by atoms with van der Waals surface area (Å²) in [5.74, 6) is 0.581. The first-order valence-electron chi connectivity index (χ1n) is 8.90. The number of nitrogens with zero attached hydrogens (tertiary/aromatic N) is 3. The Kier molecular flexibility index (Phi) is 7.08. The third-order valence-electron chi connectivity index (χ3n) is 4.21. The first-order valence-corrected chi connectivity index (χ1v) is 10.4. The summed E-state index contributed by atoms with van der Waals surface area (Å²) in [5, 5.41) is 10.8. The first kappa shape index (κ1) is 19.7. The van der Waals surface area contributed by atoms with E-state index in [-0.39, 0.29) is 17.7 Å². The highest BCUT2D eigenvalue weighted by Gasteiger charge is 2.18. The van der Waals surface area contributed by atoms with Gasteiger partial charge in [-0.1, -0.05) is 17.3 Å². The summed E-state index contributed by atoms with van der Waals surface area (Å²) < 4.78 is 24.1. The molecule has 0 radical (unpaired) electrons. The van der Waals surface area contributed by atoms with Crippen molar-refractivity contribution in [3.05, 3.63) is 41.7 Å². The van der Waals surface area contributed by atoms with Crippen LogP contribution in [0.3, 0.4) is 0 Å². The number of methoxy groups -OCH3 is 1. The van der Waals surface area contributed by atoms with E-state index in [1.54, 1.807) is 24.1 Å². The second-order valence-corrected chi connectivity index (χ2v) is 7.97. The summed E-state index contributed by atoms with van der Waals surface area (Å²) in [7, 11) is 0.585. The molecule has 2 atom stereocenters. The molecule has 1 aromatic heterocycles. The predicted molar refractivity (Wildman–Crippen MR) is 102 cm³/mol. The fourth-order valence-corrected chi connectivity index (χ4v) is 3.91. The van der Waals surface area contributed by atoms with E-state index in [0.717, 1.165) is 25.0 Å². The number of ether oxygens (including phenoxy) is 2. The Morgan fingerprint density at radius 1 is 1.48 bits per heavy atom. The van der Waals surface area contributed by atoms with E-state index < -0.39 is 10.8 Å². The molecule has 0 bridgehead atoms. The third kappa shape index (κ3) is 5.95. The van der Waals surface area contributed by atoms with Crippen LogP contribution >= 0.6 is 0 Å². The van der Waals surface area contributed by atoms with Gasteiger partial charge < -0.3 is 14.8 Å². The molecular formula is C18H24N4O4S. The van der Waals surface area contributed by atoms with Gasteiger partial charge in [-0.3, -0.25) is 9.00 Å². The van der Waals surface area contributed by atoms with E-state index >= 15 is 0 Å². The standard InChI is InChI=1S/C18H24N4O4S/c1-25-8-9-27(24)13-14-4-2-5-15(10-14)19-18(23)17-12-22(21-20-17)11-16-6-3-7-26-16/h2,4-5,10,12,16H,3,6-9,11,13H2,1H3,(H,19,23). The Hall–Kier alpha value is -2.10. The van der Waals surface area contributed by atoms with Crippen molar-refractivity contribution in [2.45, 2.75) is 31.2 Å². The van der Waals surface area contributed by atoms with Crippen LogP contribution in [-0.2, 0) is 32.6 Å². The highest BCUT2D eigenvalue weighted by Crippen LogP contribution is 2.15.